The van der Waals surface area contributed by atoms with Crippen molar-refractivity contribution in [2.75, 3.05) is 14.2 Å². The van der Waals surface area contributed by atoms with E-state index in [9.17, 15) is 4.79 Å². The van der Waals surface area contributed by atoms with Gasteiger partial charge in [0.1, 0.15) is 0 Å². The van der Waals surface area contributed by atoms with Crippen LogP contribution in [-0.2, 0) is 6.54 Å². The number of aromatic amines is 1. The highest BCUT2D eigenvalue weighted by Crippen LogP contribution is 2.30. The van der Waals surface area contributed by atoms with Gasteiger partial charge in [-0.1, -0.05) is 0 Å². The third-order valence-electron chi connectivity index (χ3n) is 3.96. The predicted octanol–water partition coefficient (Wildman–Crippen LogP) is 2.82. The molecule has 0 radical (unpaired) electrons. The summed E-state index contributed by atoms with van der Waals surface area (Å²) in [6, 6.07) is 9.16. The van der Waals surface area contributed by atoms with Gasteiger partial charge in [-0.05, 0) is 48.4 Å². The third-order valence-corrected chi connectivity index (χ3v) is 3.96. The molecule has 0 saturated carbocycles. The summed E-state index contributed by atoms with van der Waals surface area (Å²) in [4.78, 5) is 19.5. The standard InChI is InChI=1S/C18H19N3O3/c1-11-6-16(23-2)17(24-3)8-13(11)9-19-18(22)12-4-5-14-15(7-12)21-10-20-14/h4-8,10H,9H2,1-3H3,(H,19,22)(H,20,21). The Morgan fingerprint density at radius 1 is 1.17 bits per heavy atom. The molecule has 1 amide bonds. The van der Waals surface area contributed by atoms with Crippen LogP contribution in [0.5, 0.6) is 11.5 Å². The van der Waals surface area contributed by atoms with Crippen LogP contribution < -0.4 is 14.8 Å². The number of hydrogen-bond acceptors (Lipinski definition) is 4. The van der Waals surface area contributed by atoms with E-state index in [0.717, 1.165) is 22.2 Å². The summed E-state index contributed by atoms with van der Waals surface area (Å²) < 4.78 is 10.6. The maximum absolute atomic E-state index is 12.4. The molecule has 0 spiro atoms. The zero-order chi connectivity index (χ0) is 17.1. The van der Waals surface area contributed by atoms with Crippen LogP contribution in [0.15, 0.2) is 36.7 Å². The minimum Gasteiger partial charge on any atom is -0.493 e. The van der Waals surface area contributed by atoms with Crippen molar-refractivity contribution >= 4 is 16.9 Å². The van der Waals surface area contributed by atoms with Crippen LogP contribution in [0.2, 0.25) is 0 Å². The molecule has 1 heterocycles. The fraction of sp³-hybridized carbons (Fsp3) is 0.222. The lowest BCUT2D eigenvalue weighted by Gasteiger charge is -2.13. The molecule has 0 unspecified atom stereocenters. The second-order valence-corrected chi connectivity index (χ2v) is 5.45. The molecule has 0 fully saturated rings. The van der Waals surface area contributed by atoms with E-state index in [0.29, 0.717) is 23.6 Å². The van der Waals surface area contributed by atoms with Crippen LogP contribution in [0.25, 0.3) is 11.0 Å². The Bertz CT molecular complexity index is 886. The van der Waals surface area contributed by atoms with E-state index in [1.54, 1.807) is 32.7 Å². The van der Waals surface area contributed by atoms with Crippen molar-refractivity contribution in [3.8, 4) is 11.5 Å². The first kappa shape index (κ1) is 15.9. The predicted molar refractivity (Wildman–Crippen MR) is 91.5 cm³/mol. The van der Waals surface area contributed by atoms with Gasteiger partial charge in [-0.3, -0.25) is 4.79 Å². The largest absolute Gasteiger partial charge is 0.493 e. The van der Waals surface area contributed by atoms with Crippen molar-refractivity contribution < 1.29 is 14.3 Å². The molecule has 0 aliphatic rings. The number of carbonyl (C=O) groups excluding carboxylic acids is 1. The Morgan fingerprint density at radius 2 is 1.92 bits per heavy atom. The van der Waals surface area contributed by atoms with E-state index >= 15 is 0 Å². The molecule has 2 N–H and O–H groups in total. The molecule has 124 valence electrons. The molecule has 0 bridgehead atoms. The van der Waals surface area contributed by atoms with Crippen LogP contribution in [0, 0.1) is 6.92 Å². The molecular formula is C18H19N3O3. The molecule has 3 aromatic rings. The molecular weight excluding hydrogens is 306 g/mol. The van der Waals surface area contributed by atoms with Gasteiger partial charge < -0.3 is 19.8 Å². The van der Waals surface area contributed by atoms with E-state index in [2.05, 4.69) is 15.3 Å². The zero-order valence-electron chi connectivity index (χ0n) is 13.8. The lowest BCUT2D eigenvalue weighted by atomic mass is 10.1. The smallest absolute Gasteiger partial charge is 0.251 e. The Morgan fingerprint density at radius 3 is 2.67 bits per heavy atom. The van der Waals surface area contributed by atoms with Crippen molar-refractivity contribution in [1.82, 2.24) is 15.3 Å². The van der Waals surface area contributed by atoms with Crippen LogP contribution >= 0.6 is 0 Å². The van der Waals surface area contributed by atoms with Crippen molar-refractivity contribution in [1.29, 1.82) is 0 Å². The fourth-order valence-corrected chi connectivity index (χ4v) is 2.57. The molecule has 0 saturated heterocycles. The molecule has 24 heavy (non-hydrogen) atoms. The lowest BCUT2D eigenvalue weighted by Crippen LogP contribution is -2.23. The number of methoxy groups -OCH3 is 2. The number of fused-ring (bicyclic) bond motifs is 1. The summed E-state index contributed by atoms with van der Waals surface area (Å²) in [5.74, 6) is 1.18. The second-order valence-electron chi connectivity index (χ2n) is 5.45. The quantitative estimate of drug-likeness (QED) is 0.756. The second kappa shape index (κ2) is 6.62. The van der Waals surface area contributed by atoms with Gasteiger partial charge in [0.25, 0.3) is 5.91 Å². The number of hydrogen-bond donors (Lipinski definition) is 2. The summed E-state index contributed by atoms with van der Waals surface area (Å²) in [5.41, 5.74) is 4.26. The number of rotatable bonds is 5. The number of H-pyrrole nitrogens is 1. The van der Waals surface area contributed by atoms with E-state index in [1.165, 1.54) is 0 Å². The minimum atomic E-state index is -0.138. The summed E-state index contributed by atoms with van der Waals surface area (Å²) >= 11 is 0. The van der Waals surface area contributed by atoms with Crippen molar-refractivity contribution in [2.45, 2.75) is 13.5 Å². The highest BCUT2D eigenvalue weighted by atomic mass is 16.5. The van der Waals surface area contributed by atoms with Crippen LogP contribution in [0.1, 0.15) is 21.5 Å². The van der Waals surface area contributed by atoms with E-state index in [-0.39, 0.29) is 5.91 Å². The summed E-state index contributed by atoms with van der Waals surface area (Å²) in [6.45, 7) is 2.38. The number of benzene rings is 2. The first-order valence-corrected chi connectivity index (χ1v) is 7.55. The van der Waals surface area contributed by atoms with E-state index < -0.39 is 0 Å². The lowest BCUT2D eigenvalue weighted by molar-refractivity contribution is 0.0951. The molecule has 6 nitrogen and oxygen atoms in total. The molecule has 3 rings (SSSR count). The normalized spacial score (nSPS) is 10.6. The molecule has 0 aliphatic carbocycles. The number of carbonyl (C=O) groups is 1. The average molecular weight is 325 g/mol. The minimum absolute atomic E-state index is 0.138. The van der Waals surface area contributed by atoms with Gasteiger partial charge in [0.05, 0.1) is 31.6 Å². The molecule has 0 aliphatic heterocycles. The molecule has 1 aromatic heterocycles. The van der Waals surface area contributed by atoms with Crippen LogP contribution in [-0.4, -0.2) is 30.1 Å². The van der Waals surface area contributed by atoms with Gasteiger partial charge >= 0.3 is 0 Å². The van der Waals surface area contributed by atoms with Gasteiger partial charge in [0.15, 0.2) is 11.5 Å². The summed E-state index contributed by atoms with van der Waals surface area (Å²) in [6.07, 6.45) is 1.61. The van der Waals surface area contributed by atoms with Crippen molar-refractivity contribution in [3.63, 3.8) is 0 Å². The van der Waals surface area contributed by atoms with E-state index in [4.69, 9.17) is 9.47 Å². The zero-order valence-corrected chi connectivity index (χ0v) is 13.8. The summed E-state index contributed by atoms with van der Waals surface area (Å²) in [5, 5.41) is 2.93. The number of amides is 1. The number of nitrogens with zero attached hydrogens (tertiary/aromatic N) is 1. The van der Waals surface area contributed by atoms with Gasteiger partial charge in [0, 0.05) is 12.1 Å². The highest BCUT2D eigenvalue weighted by Gasteiger charge is 2.11. The Balaban J connectivity index is 1.76. The van der Waals surface area contributed by atoms with E-state index in [1.807, 2.05) is 25.1 Å². The monoisotopic (exact) mass is 325 g/mol. The maximum Gasteiger partial charge on any atom is 0.251 e. The van der Waals surface area contributed by atoms with Gasteiger partial charge in [-0.2, -0.15) is 0 Å². The van der Waals surface area contributed by atoms with Gasteiger partial charge in [0.2, 0.25) is 0 Å². The number of aryl methyl sites for hydroxylation is 1. The third kappa shape index (κ3) is 3.03. The van der Waals surface area contributed by atoms with Crippen molar-refractivity contribution in [2.24, 2.45) is 0 Å². The number of imidazole rings is 1. The number of ether oxygens (including phenoxy) is 2. The van der Waals surface area contributed by atoms with Crippen LogP contribution in [0.3, 0.4) is 0 Å². The Labute approximate surface area is 139 Å². The van der Waals surface area contributed by atoms with Crippen molar-refractivity contribution in [3.05, 3.63) is 53.3 Å². The summed E-state index contributed by atoms with van der Waals surface area (Å²) in [7, 11) is 3.19. The van der Waals surface area contributed by atoms with Crippen LogP contribution in [0.4, 0.5) is 0 Å². The highest BCUT2D eigenvalue weighted by molar-refractivity contribution is 5.97. The molecule has 2 aromatic carbocycles. The number of nitrogens with one attached hydrogen (secondary N) is 2. The molecule has 6 heteroatoms. The Kier molecular flexibility index (Phi) is 4.37. The number of aromatic nitrogens is 2. The fourth-order valence-electron chi connectivity index (χ4n) is 2.57. The maximum atomic E-state index is 12.4. The van der Waals surface area contributed by atoms with Gasteiger partial charge in [-0.15, -0.1) is 0 Å². The average Bonchev–Trinajstić information content (AvgIpc) is 3.07. The first-order chi connectivity index (χ1) is 11.6. The topological polar surface area (TPSA) is 76.2 Å². The molecule has 0 atom stereocenters. The first-order valence-electron chi connectivity index (χ1n) is 7.55. The SMILES string of the molecule is COc1cc(C)c(CNC(=O)c2ccc3nc[nH]c3c2)cc1OC. The Hall–Kier alpha value is -3.02. The van der Waals surface area contributed by atoms with Gasteiger partial charge in [-0.25, -0.2) is 4.98 Å².